The summed E-state index contributed by atoms with van der Waals surface area (Å²) in [7, 11) is 6.84. The molecule has 0 atom stereocenters. The number of pyridine rings is 2. The lowest BCUT2D eigenvalue weighted by molar-refractivity contribution is -0.383. The molecule has 0 saturated heterocycles. The number of non-ortho nitro benzene ring substituents is 2. The second-order valence-corrected chi connectivity index (χ2v) is 7.26. The molecule has 0 bridgehead atoms. The molecule has 0 fully saturated rings. The first-order valence-corrected chi connectivity index (χ1v) is 10.3. The lowest BCUT2D eigenvalue weighted by Gasteiger charge is -2.11. The molecule has 0 spiro atoms. The molecule has 2 aromatic carbocycles. The number of fused-ring (bicyclic) bond motifs is 2. The van der Waals surface area contributed by atoms with Crippen molar-refractivity contribution in [3.63, 3.8) is 0 Å². The number of phenols is 1. The Morgan fingerprint density at radius 2 is 1.36 bits per heavy atom. The number of carbonyl (C=O) groups excluding carboxylic acids is 1. The molecule has 4 rings (SSSR count). The maximum atomic E-state index is 11.5. The monoisotopic (exact) mass is 496 g/mol. The van der Waals surface area contributed by atoms with E-state index in [1.165, 1.54) is 41.6 Å². The molecular weight excluding hydrogens is 472 g/mol. The van der Waals surface area contributed by atoms with Crippen LogP contribution in [0, 0.1) is 20.2 Å². The number of phenolic OH excluding ortho intramolecular Hbond substituents is 1. The van der Waals surface area contributed by atoms with Crippen LogP contribution in [-0.4, -0.2) is 64.1 Å². The number of hydrogen-bond acceptors (Lipinski definition) is 10. The summed E-state index contributed by atoms with van der Waals surface area (Å²) in [4.78, 5) is 41.2. The molecule has 4 aromatic rings. The number of nitrogens with zero attached hydrogens (tertiary/aromatic N) is 5. The molecule has 0 radical (unpaired) electrons. The number of rotatable bonds is 3. The SMILES string of the molecule is CN(C)C(=O)Oc1ccc([N+](=O)[O-])c2cccnc12.CNC.O=[N+]([O-])c1ccc(O)c2ncccc12. The van der Waals surface area contributed by atoms with Gasteiger partial charge in [-0.05, 0) is 50.5 Å². The number of benzene rings is 2. The minimum absolute atomic E-state index is 0.0498. The molecule has 0 saturated carbocycles. The third-order valence-corrected chi connectivity index (χ3v) is 4.39. The molecule has 2 aromatic heterocycles. The van der Waals surface area contributed by atoms with Crippen molar-refractivity contribution in [1.29, 1.82) is 0 Å². The van der Waals surface area contributed by atoms with Crippen LogP contribution in [0.15, 0.2) is 60.9 Å². The van der Waals surface area contributed by atoms with Crippen LogP contribution >= 0.6 is 0 Å². The van der Waals surface area contributed by atoms with Gasteiger partial charge in [0.15, 0.2) is 5.75 Å². The van der Waals surface area contributed by atoms with E-state index in [9.17, 15) is 30.1 Å². The Balaban J connectivity index is 0.000000237. The summed E-state index contributed by atoms with van der Waals surface area (Å²) in [5.74, 6) is 0.145. The normalized spacial score (nSPS) is 9.89. The molecule has 0 aliphatic rings. The number of ether oxygens (including phenoxy) is 1. The fraction of sp³-hybridized carbons (Fsp3) is 0.174. The summed E-state index contributed by atoms with van der Waals surface area (Å²) in [6, 6.07) is 11.5. The van der Waals surface area contributed by atoms with E-state index < -0.39 is 15.9 Å². The fourth-order valence-corrected chi connectivity index (χ4v) is 2.86. The van der Waals surface area contributed by atoms with Crippen molar-refractivity contribution in [2.45, 2.75) is 0 Å². The van der Waals surface area contributed by atoms with Crippen LogP contribution in [-0.2, 0) is 0 Å². The van der Waals surface area contributed by atoms with Crippen LogP contribution in [0.3, 0.4) is 0 Å². The van der Waals surface area contributed by atoms with E-state index in [0.717, 1.165) is 0 Å². The maximum absolute atomic E-state index is 11.5. The van der Waals surface area contributed by atoms with Gasteiger partial charge in [-0.15, -0.1) is 0 Å². The van der Waals surface area contributed by atoms with Gasteiger partial charge in [0.1, 0.15) is 16.8 Å². The molecule has 1 amide bonds. The smallest absolute Gasteiger partial charge is 0.414 e. The standard InChI is InChI=1S/C12H11N3O4.C9H6N2O3.C2H7N/c1-14(2)12(16)19-10-6-5-9(15(17)18)8-4-3-7-13-11(8)10;12-8-4-3-7(11(13)14)6-2-1-5-10-9(6)8;1-3-2/h3-7H,1-2H3;1-5,12H;3H,1-2H3. The molecule has 36 heavy (non-hydrogen) atoms. The van der Waals surface area contributed by atoms with Gasteiger partial charge in [-0.1, -0.05) is 0 Å². The van der Waals surface area contributed by atoms with Crippen molar-refractivity contribution in [2.75, 3.05) is 28.2 Å². The van der Waals surface area contributed by atoms with E-state index in [4.69, 9.17) is 4.74 Å². The van der Waals surface area contributed by atoms with Crippen LogP contribution in [0.4, 0.5) is 16.2 Å². The first kappa shape index (κ1) is 27.3. The van der Waals surface area contributed by atoms with Gasteiger partial charge in [0.05, 0.1) is 20.6 Å². The van der Waals surface area contributed by atoms with Crippen LogP contribution in [0.1, 0.15) is 0 Å². The number of carbonyl (C=O) groups is 1. The zero-order valence-electron chi connectivity index (χ0n) is 19.9. The first-order valence-electron chi connectivity index (χ1n) is 10.3. The number of hydrogen-bond donors (Lipinski definition) is 2. The van der Waals surface area contributed by atoms with Gasteiger partial charge in [0, 0.05) is 38.6 Å². The average molecular weight is 496 g/mol. The van der Waals surface area contributed by atoms with E-state index in [-0.39, 0.29) is 33.9 Å². The van der Waals surface area contributed by atoms with Crippen LogP contribution in [0.5, 0.6) is 11.5 Å². The Kier molecular flexibility index (Phi) is 9.51. The molecule has 2 heterocycles. The third-order valence-electron chi connectivity index (χ3n) is 4.39. The zero-order chi connectivity index (χ0) is 26.8. The number of nitro groups is 2. The summed E-state index contributed by atoms with van der Waals surface area (Å²) in [5.41, 5.74) is 0.409. The molecule has 13 heteroatoms. The van der Waals surface area contributed by atoms with Crippen molar-refractivity contribution in [3.8, 4) is 11.5 Å². The predicted molar refractivity (Wildman–Crippen MR) is 133 cm³/mol. The van der Waals surface area contributed by atoms with Crippen LogP contribution in [0.2, 0.25) is 0 Å². The van der Waals surface area contributed by atoms with Crippen molar-refractivity contribution < 1.29 is 24.5 Å². The van der Waals surface area contributed by atoms with Gasteiger partial charge < -0.3 is 20.1 Å². The predicted octanol–water partition coefficient (Wildman–Crippen LogP) is 3.89. The highest BCUT2D eigenvalue weighted by Crippen LogP contribution is 2.31. The van der Waals surface area contributed by atoms with Gasteiger partial charge in [0.2, 0.25) is 0 Å². The average Bonchev–Trinajstić information content (AvgIpc) is 2.85. The molecular formula is C23H24N6O7. The summed E-state index contributed by atoms with van der Waals surface area (Å²) < 4.78 is 5.13. The highest BCUT2D eigenvalue weighted by Gasteiger charge is 2.18. The largest absolute Gasteiger partial charge is 0.506 e. The van der Waals surface area contributed by atoms with Crippen molar-refractivity contribution in [1.82, 2.24) is 20.2 Å². The van der Waals surface area contributed by atoms with Gasteiger partial charge >= 0.3 is 6.09 Å². The highest BCUT2D eigenvalue weighted by molar-refractivity contribution is 5.93. The minimum atomic E-state index is -0.569. The minimum Gasteiger partial charge on any atom is -0.506 e. The first-order chi connectivity index (χ1) is 17.1. The summed E-state index contributed by atoms with van der Waals surface area (Å²) in [5, 5.41) is 34.4. The summed E-state index contributed by atoms with van der Waals surface area (Å²) in [6.45, 7) is 0. The Morgan fingerprint density at radius 1 is 0.889 bits per heavy atom. The van der Waals surface area contributed by atoms with Crippen molar-refractivity contribution >= 4 is 39.3 Å². The van der Waals surface area contributed by atoms with E-state index >= 15 is 0 Å². The quantitative estimate of drug-likeness (QED) is 0.313. The zero-order valence-corrected chi connectivity index (χ0v) is 19.9. The van der Waals surface area contributed by atoms with Crippen molar-refractivity contribution in [3.05, 3.63) is 81.2 Å². The second kappa shape index (κ2) is 12.5. The molecule has 0 aliphatic carbocycles. The third kappa shape index (κ3) is 6.57. The fourth-order valence-electron chi connectivity index (χ4n) is 2.86. The Morgan fingerprint density at radius 3 is 1.86 bits per heavy atom. The van der Waals surface area contributed by atoms with Gasteiger partial charge in [-0.25, -0.2) is 4.79 Å². The number of amides is 1. The Hall–Kier alpha value is -4.91. The second-order valence-electron chi connectivity index (χ2n) is 7.26. The van der Waals surface area contributed by atoms with Crippen LogP contribution in [0.25, 0.3) is 21.8 Å². The molecule has 188 valence electrons. The summed E-state index contributed by atoms with van der Waals surface area (Å²) in [6.07, 6.45) is 2.39. The Bertz CT molecular complexity index is 1390. The van der Waals surface area contributed by atoms with Crippen molar-refractivity contribution in [2.24, 2.45) is 0 Å². The number of aromatic nitrogens is 2. The molecule has 2 N–H and O–H groups in total. The van der Waals surface area contributed by atoms with E-state index in [1.807, 2.05) is 14.1 Å². The number of nitrogens with one attached hydrogen (secondary N) is 1. The van der Waals surface area contributed by atoms with E-state index in [2.05, 4.69) is 15.3 Å². The van der Waals surface area contributed by atoms with E-state index in [1.54, 1.807) is 38.4 Å². The number of aromatic hydroxyl groups is 1. The van der Waals surface area contributed by atoms with Gasteiger partial charge in [-0.3, -0.25) is 30.2 Å². The molecule has 13 nitrogen and oxygen atoms in total. The van der Waals surface area contributed by atoms with E-state index in [0.29, 0.717) is 10.8 Å². The lowest BCUT2D eigenvalue weighted by atomic mass is 10.1. The number of nitro benzene ring substituents is 2. The molecule has 0 aliphatic heterocycles. The van der Waals surface area contributed by atoms with Crippen LogP contribution < -0.4 is 10.1 Å². The van der Waals surface area contributed by atoms with Gasteiger partial charge in [0.25, 0.3) is 11.4 Å². The maximum Gasteiger partial charge on any atom is 0.414 e. The Labute approximate surface area is 205 Å². The van der Waals surface area contributed by atoms with Gasteiger partial charge in [-0.2, -0.15) is 0 Å². The summed E-state index contributed by atoms with van der Waals surface area (Å²) >= 11 is 0. The molecule has 0 unspecified atom stereocenters. The highest BCUT2D eigenvalue weighted by atomic mass is 16.6. The topological polar surface area (TPSA) is 174 Å². The lowest BCUT2D eigenvalue weighted by Crippen LogP contribution is -2.25.